The van der Waals surface area contributed by atoms with Crippen LogP contribution in [0.5, 0.6) is 0 Å². The topological polar surface area (TPSA) is 66.6 Å². The maximum atomic E-state index is 12.9. The molecule has 2 aliphatic rings. The van der Waals surface area contributed by atoms with Gasteiger partial charge in [0, 0.05) is 36.6 Å². The van der Waals surface area contributed by atoms with E-state index in [9.17, 15) is 8.42 Å². The van der Waals surface area contributed by atoms with Crippen molar-refractivity contribution in [2.45, 2.75) is 43.3 Å². The van der Waals surface area contributed by atoms with Crippen molar-refractivity contribution in [1.82, 2.24) is 9.21 Å². The molecule has 2 unspecified atom stereocenters. The molecule has 0 amide bonds. The zero-order valence-electron chi connectivity index (χ0n) is 11.7. The molecule has 2 atom stereocenters. The first-order valence-corrected chi connectivity index (χ1v) is 9.38. The van der Waals surface area contributed by atoms with Crippen LogP contribution < -0.4 is 5.73 Å². The molecule has 2 N–H and O–H groups in total. The number of piperazine rings is 1. The number of hydrogen-bond acceptors (Lipinski definition) is 5. The Morgan fingerprint density at radius 1 is 1.45 bits per heavy atom. The summed E-state index contributed by atoms with van der Waals surface area (Å²) < 4.78 is 27.5. The molecule has 0 radical (unpaired) electrons. The van der Waals surface area contributed by atoms with Gasteiger partial charge in [0.15, 0.2) is 0 Å². The highest BCUT2D eigenvalue weighted by atomic mass is 32.2. The maximum absolute atomic E-state index is 12.9. The Hall–Kier alpha value is -0.470. The molecule has 0 spiro atoms. The van der Waals surface area contributed by atoms with E-state index in [0.29, 0.717) is 17.5 Å². The van der Waals surface area contributed by atoms with E-state index < -0.39 is 10.0 Å². The predicted octanol–water partition coefficient (Wildman–Crippen LogP) is 1.06. The van der Waals surface area contributed by atoms with Gasteiger partial charge in [-0.2, -0.15) is 4.31 Å². The Morgan fingerprint density at radius 3 is 3.00 bits per heavy atom. The third-order valence-corrected chi connectivity index (χ3v) is 7.49. The maximum Gasteiger partial charge on any atom is 0.244 e. The molecule has 1 aromatic rings. The quantitative estimate of drug-likeness (QED) is 0.906. The normalized spacial score (nSPS) is 28.7. The number of thiophene rings is 1. The fourth-order valence-corrected chi connectivity index (χ4v) is 6.30. The van der Waals surface area contributed by atoms with E-state index in [4.69, 9.17) is 5.73 Å². The molecule has 3 heterocycles. The lowest BCUT2D eigenvalue weighted by molar-refractivity contribution is 0.117. The molecule has 5 nitrogen and oxygen atoms in total. The van der Waals surface area contributed by atoms with E-state index in [1.54, 1.807) is 10.4 Å². The highest BCUT2D eigenvalue weighted by Crippen LogP contribution is 2.31. The first-order valence-electron chi connectivity index (χ1n) is 7.06. The average Bonchev–Trinajstić information content (AvgIpc) is 3.05. The van der Waals surface area contributed by atoms with Crippen LogP contribution in [0.15, 0.2) is 16.3 Å². The zero-order chi connectivity index (χ0) is 14.3. The SMILES string of the molecule is CC1CN2CCCC2CN1S(=O)(=O)c1ccsc1CN. The minimum absolute atomic E-state index is 0.0277. The lowest BCUT2D eigenvalue weighted by atomic mass is 10.1. The summed E-state index contributed by atoms with van der Waals surface area (Å²) in [4.78, 5) is 3.59. The third kappa shape index (κ3) is 2.31. The van der Waals surface area contributed by atoms with E-state index in [-0.39, 0.29) is 12.6 Å². The molecular formula is C13H21N3O2S2. The van der Waals surface area contributed by atoms with Gasteiger partial charge in [-0.1, -0.05) is 0 Å². The van der Waals surface area contributed by atoms with E-state index in [0.717, 1.165) is 24.4 Å². The molecule has 2 saturated heterocycles. The first-order chi connectivity index (χ1) is 9.54. The van der Waals surface area contributed by atoms with Crippen LogP contribution in [0.4, 0.5) is 0 Å². The van der Waals surface area contributed by atoms with E-state index in [1.807, 2.05) is 12.3 Å². The summed E-state index contributed by atoms with van der Waals surface area (Å²) in [6, 6.07) is 2.11. The van der Waals surface area contributed by atoms with Gasteiger partial charge in [0.1, 0.15) is 0 Å². The van der Waals surface area contributed by atoms with Crippen molar-refractivity contribution in [3.63, 3.8) is 0 Å². The predicted molar refractivity (Wildman–Crippen MR) is 80.2 cm³/mol. The van der Waals surface area contributed by atoms with Crippen LogP contribution in [0.25, 0.3) is 0 Å². The van der Waals surface area contributed by atoms with Crippen molar-refractivity contribution < 1.29 is 8.42 Å². The van der Waals surface area contributed by atoms with Crippen LogP contribution in [0, 0.1) is 0 Å². The van der Waals surface area contributed by atoms with Gasteiger partial charge in [0.2, 0.25) is 10.0 Å². The highest BCUT2D eigenvalue weighted by molar-refractivity contribution is 7.89. The first kappa shape index (κ1) is 14.5. The van der Waals surface area contributed by atoms with Crippen molar-refractivity contribution in [2.75, 3.05) is 19.6 Å². The summed E-state index contributed by atoms with van der Waals surface area (Å²) in [7, 11) is -3.41. The van der Waals surface area contributed by atoms with Crippen LogP contribution in [0.1, 0.15) is 24.6 Å². The van der Waals surface area contributed by atoms with E-state index in [2.05, 4.69) is 4.90 Å². The van der Waals surface area contributed by atoms with Gasteiger partial charge >= 0.3 is 0 Å². The summed E-state index contributed by atoms with van der Waals surface area (Å²) in [6.45, 7) is 4.84. The van der Waals surface area contributed by atoms with Crippen molar-refractivity contribution in [3.8, 4) is 0 Å². The molecule has 112 valence electrons. The van der Waals surface area contributed by atoms with Crippen LogP contribution in [0.3, 0.4) is 0 Å². The molecule has 2 aliphatic heterocycles. The molecule has 1 aromatic heterocycles. The third-order valence-electron chi connectivity index (χ3n) is 4.36. The number of fused-ring (bicyclic) bond motifs is 1. The summed E-state index contributed by atoms with van der Waals surface area (Å²) in [6.07, 6.45) is 2.28. The van der Waals surface area contributed by atoms with Crippen molar-refractivity contribution >= 4 is 21.4 Å². The molecule has 0 aliphatic carbocycles. The van der Waals surface area contributed by atoms with Gasteiger partial charge in [-0.25, -0.2) is 8.42 Å². The second-order valence-electron chi connectivity index (χ2n) is 5.63. The summed E-state index contributed by atoms with van der Waals surface area (Å²) in [5.41, 5.74) is 5.66. The molecular weight excluding hydrogens is 294 g/mol. The number of rotatable bonds is 3. The van der Waals surface area contributed by atoms with Gasteiger partial charge in [0.25, 0.3) is 0 Å². The van der Waals surface area contributed by atoms with Gasteiger partial charge in [-0.05, 0) is 37.8 Å². The number of sulfonamides is 1. The van der Waals surface area contributed by atoms with Crippen LogP contribution in [0.2, 0.25) is 0 Å². The van der Waals surface area contributed by atoms with Crippen molar-refractivity contribution in [3.05, 3.63) is 16.3 Å². The molecule has 0 bridgehead atoms. The Balaban J connectivity index is 1.91. The summed E-state index contributed by atoms with van der Waals surface area (Å²) in [5.74, 6) is 0. The van der Waals surface area contributed by atoms with Crippen molar-refractivity contribution in [2.24, 2.45) is 5.73 Å². The molecule has 0 saturated carbocycles. The second kappa shape index (κ2) is 5.38. The molecule has 3 rings (SSSR count). The van der Waals surface area contributed by atoms with E-state index >= 15 is 0 Å². The Labute approximate surface area is 124 Å². The number of nitrogens with two attached hydrogens (primary N) is 1. The van der Waals surface area contributed by atoms with Gasteiger partial charge in [-0.15, -0.1) is 11.3 Å². The van der Waals surface area contributed by atoms with E-state index in [1.165, 1.54) is 17.8 Å². The lowest BCUT2D eigenvalue weighted by Crippen LogP contribution is -2.56. The molecule has 0 aromatic carbocycles. The fraction of sp³-hybridized carbons (Fsp3) is 0.692. The monoisotopic (exact) mass is 315 g/mol. The zero-order valence-corrected chi connectivity index (χ0v) is 13.3. The van der Waals surface area contributed by atoms with Gasteiger partial charge in [0.05, 0.1) is 4.90 Å². The summed E-state index contributed by atoms with van der Waals surface area (Å²) >= 11 is 1.42. The Morgan fingerprint density at radius 2 is 2.25 bits per heavy atom. The number of hydrogen-bond donors (Lipinski definition) is 1. The second-order valence-corrected chi connectivity index (χ2v) is 8.49. The number of nitrogens with zero attached hydrogens (tertiary/aromatic N) is 2. The standard InChI is InChI=1S/C13H21N3O2S2/c1-10-8-15-5-2-3-11(15)9-16(10)20(17,18)13-4-6-19-12(13)7-14/h4,6,10-11H,2-3,5,7-9,14H2,1H3. The smallest absolute Gasteiger partial charge is 0.244 e. The van der Waals surface area contributed by atoms with Crippen molar-refractivity contribution in [1.29, 1.82) is 0 Å². The summed E-state index contributed by atoms with van der Waals surface area (Å²) in [5, 5.41) is 1.81. The minimum atomic E-state index is -3.41. The fourth-order valence-electron chi connectivity index (χ4n) is 3.33. The Kier molecular flexibility index (Phi) is 3.89. The molecule has 7 heteroatoms. The highest BCUT2D eigenvalue weighted by Gasteiger charge is 2.40. The van der Waals surface area contributed by atoms with Crippen LogP contribution in [-0.4, -0.2) is 49.3 Å². The largest absolute Gasteiger partial charge is 0.326 e. The van der Waals surface area contributed by atoms with Gasteiger partial charge < -0.3 is 5.73 Å². The van der Waals surface area contributed by atoms with Crippen LogP contribution >= 0.6 is 11.3 Å². The molecule has 2 fully saturated rings. The lowest BCUT2D eigenvalue weighted by Gasteiger charge is -2.41. The minimum Gasteiger partial charge on any atom is -0.326 e. The van der Waals surface area contributed by atoms with Gasteiger partial charge in [-0.3, -0.25) is 4.90 Å². The Bertz CT molecular complexity index is 584. The molecule has 20 heavy (non-hydrogen) atoms. The van der Waals surface area contributed by atoms with Crippen LogP contribution in [-0.2, 0) is 16.6 Å². The average molecular weight is 315 g/mol.